The van der Waals surface area contributed by atoms with E-state index >= 15 is 0 Å². The smallest absolute Gasteiger partial charge is 0.297 e. The third kappa shape index (κ3) is 5.25. The van der Waals surface area contributed by atoms with Gasteiger partial charge in [0.2, 0.25) is 0 Å². The molecule has 5 rings (SSSR count). The van der Waals surface area contributed by atoms with Gasteiger partial charge in [-0.05, 0) is 64.8 Å². The van der Waals surface area contributed by atoms with Gasteiger partial charge in [0, 0.05) is 25.8 Å². The van der Waals surface area contributed by atoms with Crippen molar-refractivity contribution < 1.29 is 9.59 Å². The van der Waals surface area contributed by atoms with Gasteiger partial charge < -0.3 is 0 Å². The van der Waals surface area contributed by atoms with Crippen LogP contribution in [0.25, 0.3) is 17.7 Å². The predicted octanol–water partition coefficient (Wildman–Crippen LogP) is 5.64. The first-order valence-corrected chi connectivity index (χ1v) is 11.5. The maximum absolute atomic E-state index is 8.12. The Morgan fingerprint density at radius 1 is 0.879 bits per heavy atom. The van der Waals surface area contributed by atoms with Crippen LogP contribution in [0.4, 0.5) is 0 Å². The summed E-state index contributed by atoms with van der Waals surface area (Å²) in [5, 5.41) is 0. The van der Waals surface area contributed by atoms with Crippen LogP contribution in [0.2, 0.25) is 0 Å². The molecule has 4 nitrogen and oxygen atoms in total. The standard InChI is InChI=1S/C28H28N2.CO2/c1-2-21-13-16-29-25(19-21)20-30-17-14-24(15-18-30)28-26-9-5-3-7-22(26)11-12-23-8-4-6-10-27(23)28;2-1-3/h3-13,16,19H,2,14-15,17-18,20H2,1H3;. The highest BCUT2D eigenvalue weighted by molar-refractivity contribution is 5.94. The molecule has 1 aromatic heterocycles. The molecule has 0 N–H and O–H groups in total. The predicted molar refractivity (Wildman–Crippen MR) is 131 cm³/mol. The summed E-state index contributed by atoms with van der Waals surface area (Å²) in [6.45, 7) is 5.34. The van der Waals surface area contributed by atoms with E-state index in [1.165, 1.54) is 39.1 Å². The molecule has 1 aliphatic carbocycles. The van der Waals surface area contributed by atoms with E-state index in [2.05, 4.69) is 89.6 Å². The van der Waals surface area contributed by atoms with Gasteiger partial charge in [0.05, 0.1) is 5.69 Å². The van der Waals surface area contributed by atoms with Crippen molar-refractivity contribution in [2.24, 2.45) is 0 Å². The Bertz CT molecular complexity index is 1160. The van der Waals surface area contributed by atoms with Crippen LogP contribution in [0.3, 0.4) is 0 Å². The number of likely N-dealkylation sites (tertiary alicyclic amines) is 1. The number of pyridine rings is 1. The van der Waals surface area contributed by atoms with Crippen molar-refractivity contribution in [2.75, 3.05) is 13.1 Å². The molecule has 166 valence electrons. The van der Waals surface area contributed by atoms with Crippen LogP contribution in [0.15, 0.2) is 72.4 Å². The van der Waals surface area contributed by atoms with Crippen LogP contribution in [0, 0.1) is 0 Å². The minimum Gasteiger partial charge on any atom is -0.297 e. The third-order valence-corrected chi connectivity index (χ3v) is 6.39. The molecular formula is C29H28N2O2. The number of benzene rings is 2. The second-order valence-corrected chi connectivity index (χ2v) is 8.35. The number of aryl methyl sites for hydroxylation is 1. The van der Waals surface area contributed by atoms with Gasteiger partial charge in [-0.3, -0.25) is 9.88 Å². The van der Waals surface area contributed by atoms with E-state index < -0.39 is 0 Å². The molecule has 0 radical (unpaired) electrons. The Hall–Kier alpha value is -3.59. The molecule has 1 fully saturated rings. The molecule has 2 aliphatic rings. The zero-order chi connectivity index (χ0) is 23.0. The lowest BCUT2D eigenvalue weighted by molar-refractivity contribution is -0.191. The highest BCUT2D eigenvalue weighted by Gasteiger charge is 2.22. The SMILES string of the molecule is CCc1ccnc(CN2CCC(=C3c4ccccc4C=Cc4ccccc43)CC2)c1.O=C=O. The maximum Gasteiger partial charge on any atom is 0.373 e. The van der Waals surface area contributed by atoms with Crippen LogP contribution in [0.5, 0.6) is 0 Å². The summed E-state index contributed by atoms with van der Waals surface area (Å²) in [7, 11) is 0. The third-order valence-electron chi connectivity index (χ3n) is 6.39. The van der Waals surface area contributed by atoms with Gasteiger partial charge in [-0.15, -0.1) is 0 Å². The topological polar surface area (TPSA) is 50.3 Å². The Kier molecular flexibility index (Phi) is 7.41. The lowest BCUT2D eigenvalue weighted by Gasteiger charge is -2.30. The molecule has 2 aromatic carbocycles. The summed E-state index contributed by atoms with van der Waals surface area (Å²) in [5.74, 6) is 0. The van der Waals surface area contributed by atoms with Crippen LogP contribution in [-0.2, 0) is 22.6 Å². The van der Waals surface area contributed by atoms with E-state index in [0.717, 1.165) is 38.9 Å². The Labute approximate surface area is 195 Å². The Morgan fingerprint density at radius 3 is 2.03 bits per heavy atom. The minimum absolute atomic E-state index is 0.250. The summed E-state index contributed by atoms with van der Waals surface area (Å²) in [5.41, 5.74) is 11.0. The molecule has 4 heteroatoms. The number of piperidine rings is 1. The molecule has 0 atom stereocenters. The van der Waals surface area contributed by atoms with Crippen molar-refractivity contribution >= 4 is 23.9 Å². The zero-order valence-electron chi connectivity index (χ0n) is 19.0. The molecule has 0 spiro atoms. The first-order chi connectivity index (χ1) is 16.2. The van der Waals surface area contributed by atoms with Crippen molar-refractivity contribution in [3.05, 3.63) is 106 Å². The monoisotopic (exact) mass is 436 g/mol. The van der Waals surface area contributed by atoms with Gasteiger partial charge in [-0.2, -0.15) is 9.59 Å². The molecular weight excluding hydrogens is 408 g/mol. The molecule has 0 amide bonds. The highest BCUT2D eigenvalue weighted by atomic mass is 16.2. The molecule has 33 heavy (non-hydrogen) atoms. The largest absolute Gasteiger partial charge is 0.373 e. The van der Waals surface area contributed by atoms with Crippen molar-refractivity contribution in [3.8, 4) is 0 Å². The van der Waals surface area contributed by atoms with Crippen LogP contribution >= 0.6 is 0 Å². The Balaban J connectivity index is 0.000000821. The first kappa shape index (κ1) is 22.6. The normalized spacial score (nSPS) is 14.9. The van der Waals surface area contributed by atoms with E-state index in [4.69, 9.17) is 9.59 Å². The number of rotatable bonds is 3. The fraction of sp³-hybridized carbons (Fsp3) is 0.241. The average molecular weight is 437 g/mol. The molecule has 0 saturated carbocycles. The maximum atomic E-state index is 8.12. The molecule has 2 heterocycles. The Morgan fingerprint density at radius 2 is 1.45 bits per heavy atom. The minimum atomic E-state index is 0.250. The van der Waals surface area contributed by atoms with Crippen molar-refractivity contribution in [2.45, 2.75) is 32.7 Å². The highest BCUT2D eigenvalue weighted by Crippen LogP contribution is 2.38. The lowest BCUT2D eigenvalue weighted by Crippen LogP contribution is -2.31. The second-order valence-electron chi connectivity index (χ2n) is 8.35. The number of aromatic nitrogens is 1. The van der Waals surface area contributed by atoms with Crippen molar-refractivity contribution in [1.29, 1.82) is 0 Å². The summed E-state index contributed by atoms with van der Waals surface area (Å²) in [6, 6.07) is 22.1. The van der Waals surface area contributed by atoms with E-state index in [9.17, 15) is 0 Å². The van der Waals surface area contributed by atoms with Crippen molar-refractivity contribution in [1.82, 2.24) is 9.88 Å². The number of hydrogen-bond donors (Lipinski definition) is 0. The van der Waals surface area contributed by atoms with Gasteiger partial charge in [-0.1, -0.05) is 73.2 Å². The fourth-order valence-electron chi connectivity index (χ4n) is 4.74. The van der Waals surface area contributed by atoms with Crippen molar-refractivity contribution in [3.63, 3.8) is 0 Å². The van der Waals surface area contributed by atoms with E-state index in [1.54, 1.807) is 5.57 Å². The zero-order valence-corrected chi connectivity index (χ0v) is 19.0. The van der Waals surface area contributed by atoms with Crippen LogP contribution in [-0.4, -0.2) is 29.1 Å². The van der Waals surface area contributed by atoms with E-state index in [1.807, 2.05) is 6.20 Å². The van der Waals surface area contributed by atoms with Crippen LogP contribution < -0.4 is 0 Å². The molecule has 3 aromatic rings. The molecule has 0 unspecified atom stereocenters. The molecule has 1 aliphatic heterocycles. The number of carbonyl (C=O) groups excluding carboxylic acids is 2. The number of hydrogen-bond acceptors (Lipinski definition) is 4. The van der Waals surface area contributed by atoms with Crippen LogP contribution in [0.1, 0.15) is 53.3 Å². The van der Waals surface area contributed by atoms with Gasteiger partial charge >= 0.3 is 6.15 Å². The second kappa shape index (κ2) is 10.8. The lowest BCUT2D eigenvalue weighted by atomic mass is 9.86. The average Bonchev–Trinajstić information content (AvgIpc) is 3.02. The van der Waals surface area contributed by atoms with E-state index in [-0.39, 0.29) is 6.15 Å². The van der Waals surface area contributed by atoms with Gasteiger partial charge in [0.25, 0.3) is 0 Å². The van der Waals surface area contributed by atoms with E-state index in [0.29, 0.717) is 0 Å². The fourth-order valence-corrected chi connectivity index (χ4v) is 4.74. The van der Waals surface area contributed by atoms with Gasteiger partial charge in [0.1, 0.15) is 0 Å². The summed E-state index contributed by atoms with van der Waals surface area (Å²) in [6.07, 6.45) is 10.0. The molecule has 1 saturated heterocycles. The summed E-state index contributed by atoms with van der Waals surface area (Å²) < 4.78 is 0. The quantitative estimate of drug-likeness (QED) is 0.417. The van der Waals surface area contributed by atoms with Gasteiger partial charge in [-0.25, -0.2) is 0 Å². The molecule has 0 bridgehead atoms. The number of nitrogens with zero attached hydrogens (tertiary/aromatic N) is 2. The first-order valence-electron chi connectivity index (χ1n) is 11.5. The summed E-state index contributed by atoms with van der Waals surface area (Å²) >= 11 is 0. The number of fused-ring (bicyclic) bond motifs is 2. The van der Waals surface area contributed by atoms with Gasteiger partial charge in [0.15, 0.2) is 0 Å². The summed E-state index contributed by atoms with van der Waals surface area (Å²) in [4.78, 5) is 23.4.